The van der Waals surface area contributed by atoms with E-state index in [1.807, 2.05) is 30.8 Å². The minimum Gasteiger partial charge on any atom is -0.326 e. The number of benzene rings is 2. The third-order valence-electron chi connectivity index (χ3n) is 4.72. The zero-order valence-electron chi connectivity index (χ0n) is 15.7. The van der Waals surface area contributed by atoms with Gasteiger partial charge in [-0.05, 0) is 41.8 Å². The van der Waals surface area contributed by atoms with Crippen LogP contribution in [0.15, 0.2) is 42.5 Å². The fraction of sp³-hybridized carbons (Fsp3) is 0.381. The first-order valence-electron chi connectivity index (χ1n) is 9.17. The average Bonchev–Trinajstić information content (AvgIpc) is 2.64. The Kier molecular flexibility index (Phi) is 6.67. The minimum atomic E-state index is -4.37. The summed E-state index contributed by atoms with van der Waals surface area (Å²) in [7, 11) is 0. The highest BCUT2D eigenvalue weighted by atomic mass is 32.2. The molecule has 3 rings (SSSR count). The number of halogens is 3. The van der Waals surface area contributed by atoms with E-state index in [0.717, 1.165) is 54.5 Å². The van der Waals surface area contributed by atoms with E-state index in [9.17, 15) is 18.0 Å². The molecule has 0 atom stereocenters. The van der Waals surface area contributed by atoms with E-state index >= 15 is 0 Å². The topological polar surface area (TPSA) is 32.3 Å². The van der Waals surface area contributed by atoms with Crippen molar-refractivity contribution < 1.29 is 18.0 Å². The van der Waals surface area contributed by atoms with Gasteiger partial charge in [0.2, 0.25) is 5.91 Å². The summed E-state index contributed by atoms with van der Waals surface area (Å²) in [4.78, 5) is 14.7. The first-order chi connectivity index (χ1) is 13.3. The van der Waals surface area contributed by atoms with Crippen LogP contribution in [0, 0.1) is 6.92 Å². The molecular weight excluding hydrogens is 385 g/mol. The molecule has 0 bridgehead atoms. The zero-order chi connectivity index (χ0) is 20.1. The van der Waals surface area contributed by atoms with Gasteiger partial charge in [-0.25, -0.2) is 0 Å². The van der Waals surface area contributed by atoms with Crippen LogP contribution < -0.4 is 5.32 Å². The molecule has 0 spiro atoms. The van der Waals surface area contributed by atoms with E-state index in [1.165, 1.54) is 17.7 Å². The third-order valence-corrected chi connectivity index (χ3v) is 5.66. The second kappa shape index (κ2) is 9.01. The maximum Gasteiger partial charge on any atom is 0.416 e. The number of anilines is 1. The van der Waals surface area contributed by atoms with Crippen LogP contribution in [-0.2, 0) is 23.9 Å². The Labute approximate surface area is 167 Å². The Hall–Kier alpha value is -1.99. The summed E-state index contributed by atoms with van der Waals surface area (Å²) in [6, 6.07) is 10.7. The van der Waals surface area contributed by atoms with Gasteiger partial charge in [0, 0.05) is 36.8 Å². The molecule has 0 aromatic heterocycles. The lowest BCUT2D eigenvalue weighted by Crippen LogP contribution is -2.31. The summed E-state index contributed by atoms with van der Waals surface area (Å²) in [5.41, 5.74) is 2.75. The minimum absolute atomic E-state index is 0.0325. The molecule has 28 heavy (non-hydrogen) atoms. The monoisotopic (exact) mass is 408 g/mol. The molecule has 0 radical (unpaired) electrons. The van der Waals surface area contributed by atoms with Gasteiger partial charge in [0.05, 0.1) is 12.0 Å². The van der Waals surface area contributed by atoms with E-state index in [1.54, 1.807) is 0 Å². The Morgan fingerprint density at radius 3 is 2.32 bits per heavy atom. The predicted octanol–water partition coefficient (Wildman–Crippen LogP) is 4.74. The van der Waals surface area contributed by atoms with Crippen molar-refractivity contribution in [1.82, 2.24) is 4.90 Å². The van der Waals surface area contributed by atoms with Crippen molar-refractivity contribution in [3.05, 3.63) is 64.7 Å². The van der Waals surface area contributed by atoms with Gasteiger partial charge in [0.1, 0.15) is 0 Å². The third kappa shape index (κ3) is 5.75. The van der Waals surface area contributed by atoms with Crippen LogP contribution in [0.3, 0.4) is 0 Å². The molecule has 0 aliphatic carbocycles. The molecule has 1 saturated heterocycles. The van der Waals surface area contributed by atoms with E-state index in [2.05, 4.69) is 16.3 Å². The molecule has 0 saturated carbocycles. The number of alkyl halides is 3. The van der Waals surface area contributed by atoms with Crippen molar-refractivity contribution in [1.29, 1.82) is 0 Å². The summed E-state index contributed by atoms with van der Waals surface area (Å²) in [6.07, 6.45) is -4.34. The number of nitrogens with zero attached hydrogens (tertiary/aromatic N) is 1. The van der Waals surface area contributed by atoms with Gasteiger partial charge in [0.25, 0.3) is 0 Å². The second-order valence-electron chi connectivity index (χ2n) is 6.96. The van der Waals surface area contributed by atoms with Gasteiger partial charge in [-0.15, -0.1) is 0 Å². The van der Waals surface area contributed by atoms with Gasteiger partial charge in [0.15, 0.2) is 0 Å². The molecule has 2 aromatic carbocycles. The van der Waals surface area contributed by atoms with Crippen LogP contribution in [0.1, 0.15) is 22.3 Å². The number of hydrogen-bond acceptors (Lipinski definition) is 3. The van der Waals surface area contributed by atoms with E-state index in [4.69, 9.17) is 0 Å². The molecule has 1 fully saturated rings. The van der Waals surface area contributed by atoms with Gasteiger partial charge in [-0.1, -0.05) is 24.3 Å². The fourth-order valence-corrected chi connectivity index (χ4v) is 4.15. The molecule has 1 aliphatic heterocycles. The maximum atomic E-state index is 12.6. The quantitative estimate of drug-likeness (QED) is 0.775. The number of aryl methyl sites for hydroxylation is 1. The number of rotatable bonds is 5. The number of carbonyl (C=O) groups excluding carboxylic acids is 1. The number of thioether (sulfide) groups is 1. The van der Waals surface area contributed by atoms with E-state index in [0.29, 0.717) is 5.56 Å². The molecular formula is C21H23F3N2OS. The van der Waals surface area contributed by atoms with Gasteiger partial charge in [-0.2, -0.15) is 24.9 Å². The molecule has 2 aromatic rings. The van der Waals surface area contributed by atoms with Crippen molar-refractivity contribution in [2.75, 3.05) is 29.9 Å². The average molecular weight is 408 g/mol. The van der Waals surface area contributed by atoms with Crippen LogP contribution in [0.25, 0.3) is 0 Å². The Balaban J connectivity index is 1.57. The molecule has 150 valence electrons. The lowest BCUT2D eigenvalue weighted by molar-refractivity contribution is -0.137. The smallest absolute Gasteiger partial charge is 0.326 e. The Morgan fingerprint density at radius 2 is 1.71 bits per heavy atom. The summed E-state index contributed by atoms with van der Waals surface area (Å²) >= 11 is 1.98. The zero-order valence-corrected chi connectivity index (χ0v) is 16.5. The lowest BCUT2D eigenvalue weighted by Gasteiger charge is -2.26. The van der Waals surface area contributed by atoms with Crippen molar-refractivity contribution >= 4 is 23.4 Å². The second-order valence-corrected chi connectivity index (χ2v) is 8.18. The van der Waals surface area contributed by atoms with Crippen LogP contribution in [0.4, 0.5) is 18.9 Å². The Morgan fingerprint density at radius 1 is 1.07 bits per heavy atom. The largest absolute Gasteiger partial charge is 0.416 e. The van der Waals surface area contributed by atoms with Crippen LogP contribution in [0.2, 0.25) is 0 Å². The van der Waals surface area contributed by atoms with Crippen molar-refractivity contribution in [2.24, 2.45) is 0 Å². The number of hydrogen-bond donors (Lipinski definition) is 1. The first kappa shape index (κ1) is 20.7. The van der Waals surface area contributed by atoms with E-state index < -0.39 is 11.7 Å². The number of nitrogens with one attached hydrogen (secondary N) is 1. The summed E-state index contributed by atoms with van der Waals surface area (Å²) in [6.45, 7) is 5.04. The molecule has 7 heteroatoms. The van der Waals surface area contributed by atoms with Crippen LogP contribution in [-0.4, -0.2) is 35.4 Å². The fourth-order valence-electron chi connectivity index (χ4n) is 3.17. The van der Waals surface area contributed by atoms with Crippen molar-refractivity contribution in [3.63, 3.8) is 0 Å². The molecule has 3 nitrogen and oxygen atoms in total. The standard InChI is InChI=1S/C21H23F3N2OS/c1-15-12-17(14-26-8-10-28-11-9-26)4-7-19(15)25-20(27)13-16-2-5-18(6-3-16)21(22,23)24/h2-7,12H,8-11,13-14H2,1H3,(H,25,27). The molecule has 0 unspecified atom stereocenters. The van der Waals surface area contributed by atoms with Crippen LogP contribution >= 0.6 is 11.8 Å². The highest BCUT2D eigenvalue weighted by Crippen LogP contribution is 2.29. The predicted molar refractivity (Wildman–Crippen MR) is 108 cm³/mol. The van der Waals surface area contributed by atoms with Crippen molar-refractivity contribution in [3.8, 4) is 0 Å². The normalized spacial score (nSPS) is 15.4. The van der Waals surface area contributed by atoms with Gasteiger partial charge >= 0.3 is 6.18 Å². The lowest BCUT2D eigenvalue weighted by atomic mass is 10.1. The Bertz CT molecular complexity index is 815. The highest BCUT2D eigenvalue weighted by molar-refractivity contribution is 7.99. The summed E-state index contributed by atoms with van der Waals surface area (Å²) in [5, 5.41) is 2.86. The maximum absolute atomic E-state index is 12.6. The molecule has 1 aliphatic rings. The SMILES string of the molecule is Cc1cc(CN2CCSCC2)ccc1NC(=O)Cc1ccc(C(F)(F)F)cc1. The molecule has 1 N–H and O–H groups in total. The van der Waals surface area contributed by atoms with Gasteiger partial charge < -0.3 is 5.32 Å². The number of carbonyl (C=O) groups is 1. The highest BCUT2D eigenvalue weighted by Gasteiger charge is 2.29. The van der Waals surface area contributed by atoms with Crippen LogP contribution in [0.5, 0.6) is 0 Å². The molecule has 1 amide bonds. The van der Waals surface area contributed by atoms with E-state index in [-0.39, 0.29) is 12.3 Å². The first-order valence-corrected chi connectivity index (χ1v) is 10.3. The number of amides is 1. The van der Waals surface area contributed by atoms with Crippen molar-refractivity contribution in [2.45, 2.75) is 26.1 Å². The van der Waals surface area contributed by atoms with Gasteiger partial charge in [-0.3, -0.25) is 9.69 Å². The summed E-state index contributed by atoms with van der Waals surface area (Å²) < 4.78 is 37.8. The summed E-state index contributed by atoms with van der Waals surface area (Å²) in [5.74, 6) is 2.08. The molecule has 1 heterocycles.